The summed E-state index contributed by atoms with van der Waals surface area (Å²) in [6, 6.07) is 5.19. The number of rotatable bonds is 6. The van der Waals surface area contributed by atoms with Gasteiger partial charge in [0, 0.05) is 11.1 Å². The normalized spacial score (nSPS) is 10.0. The molecule has 1 rings (SSSR count). The number of ether oxygens (including phenoxy) is 1. The van der Waals surface area contributed by atoms with E-state index in [0.717, 1.165) is 13.1 Å². The summed E-state index contributed by atoms with van der Waals surface area (Å²) in [6.45, 7) is 6.00. The third-order valence-corrected chi connectivity index (χ3v) is 2.35. The van der Waals surface area contributed by atoms with Gasteiger partial charge in [0.05, 0.1) is 11.6 Å². The van der Waals surface area contributed by atoms with Gasteiger partial charge in [-0.3, -0.25) is 0 Å². The van der Waals surface area contributed by atoms with Crippen molar-refractivity contribution in [1.29, 1.82) is 0 Å². The van der Waals surface area contributed by atoms with Crippen molar-refractivity contribution < 1.29 is 10.1 Å². The molecule has 4 heteroatoms. The molecule has 0 saturated carbocycles. The van der Waals surface area contributed by atoms with Crippen LogP contribution in [-0.2, 0) is 0 Å². The van der Waals surface area contributed by atoms with Crippen LogP contribution in [0.3, 0.4) is 0 Å². The first-order valence-corrected chi connectivity index (χ1v) is 5.50. The highest BCUT2D eigenvalue weighted by molar-refractivity contribution is 6.34. The van der Waals surface area contributed by atoms with Crippen LogP contribution in [0.1, 0.15) is 0 Å². The molecule has 0 saturated heterocycles. The van der Waals surface area contributed by atoms with Gasteiger partial charge in [-0.05, 0) is 18.2 Å². The number of hydrogen-bond acceptors (Lipinski definition) is 1. The first-order chi connectivity index (χ1) is 7.24. The van der Waals surface area contributed by atoms with Gasteiger partial charge in [0.2, 0.25) is 0 Å². The van der Waals surface area contributed by atoms with E-state index in [1.165, 1.54) is 0 Å². The van der Waals surface area contributed by atoms with Crippen LogP contribution in [0.5, 0.6) is 5.75 Å². The summed E-state index contributed by atoms with van der Waals surface area (Å²) in [5, 5.41) is 3.32. The summed E-state index contributed by atoms with van der Waals surface area (Å²) in [5.41, 5.74) is 0. The van der Waals surface area contributed by atoms with Crippen LogP contribution < -0.4 is 10.1 Å². The van der Waals surface area contributed by atoms with E-state index in [1.54, 1.807) is 18.2 Å². The number of quaternary nitrogens is 1. The quantitative estimate of drug-likeness (QED) is 0.604. The first kappa shape index (κ1) is 12.4. The summed E-state index contributed by atoms with van der Waals surface area (Å²) in [5.74, 6) is 0.635. The second-order valence-corrected chi connectivity index (χ2v) is 3.87. The Balaban J connectivity index is 2.36. The smallest absolute Gasteiger partial charge is 0.139 e. The van der Waals surface area contributed by atoms with Crippen molar-refractivity contribution in [2.24, 2.45) is 0 Å². The Morgan fingerprint density at radius 3 is 2.93 bits per heavy atom. The lowest BCUT2D eigenvalue weighted by atomic mass is 10.3. The molecule has 1 aromatic rings. The molecule has 0 aliphatic heterocycles. The molecule has 2 nitrogen and oxygen atoms in total. The summed E-state index contributed by atoms with van der Waals surface area (Å²) in [4.78, 5) is 0. The maximum atomic E-state index is 5.93. The Morgan fingerprint density at radius 1 is 1.40 bits per heavy atom. The maximum Gasteiger partial charge on any atom is 0.139 e. The fourth-order valence-corrected chi connectivity index (χ4v) is 1.41. The molecule has 2 N–H and O–H groups in total. The minimum Gasteiger partial charge on any atom is -0.486 e. The van der Waals surface area contributed by atoms with Crippen LogP contribution in [-0.4, -0.2) is 19.7 Å². The Bertz CT molecular complexity index is 328. The molecule has 0 aromatic heterocycles. The zero-order valence-corrected chi connectivity index (χ0v) is 9.89. The number of benzene rings is 1. The van der Waals surface area contributed by atoms with Gasteiger partial charge in [-0.15, -0.1) is 0 Å². The third-order valence-electron chi connectivity index (χ3n) is 1.81. The fraction of sp³-hybridized carbons (Fsp3) is 0.273. The molecule has 0 bridgehead atoms. The maximum absolute atomic E-state index is 5.93. The molecule has 1 aromatic carbocycles. The Labute approximate surface area is 99.8 Å². The van der Waals surface area contributed by atoms with E-state index in [9.17, 15) is 0 Å². The van der Waals surface area contributed by atoms with E-state index in [0.29, 0.717) is 22.4 Å². The molecule has 0 aliphatic carbocycles. The van der Waals surface area contributed by atoms with E-state index in [1.807, 2.05) is 6.08 Å². The van der Waals surface area contributed by atoms with Crippen molar-refractivity contribution in [3.8, 4) is 5.75 Å². The molecule has 0 fully saturated rings. The molecule has 0 spiro atoms. The van der Waals surface area contributed by atoms with E-state index >= 15 is 0 Å². The zero-order chi connectivity index (χ0) is 11.1. The lowest BCUT2D eigenvalue weighted by Crippen LogP contribution is -2.85. The van der Waals surface area contributed by atoms with Gasteiger partial charge < -0.3 is 10.1 Å². The summed E-state index contributed by atoms with van der Waals surface area (Å²) >= 11 is 11.7. The molecular weight excluding hydrogens is 233 g/mol. The van der Waals surface area contributed by atoms with Crippen molar-refractivity contribution in [3.63, 3.8) is 0 Å². The lowest BCUT2D eigenvalue weighted by molar-refractivity contribution is -0.646. The standard InChI is InChI=1S/C11H13Cl2NO/c1-2-5-14-6-7-15-11-8-9(12)3-4-10(11)13/h2-4,8,14H,1,5-7H2/p+1. The second kappa shape index (κ2) is 6.72. The average Bonchev–Trinajstić information content (AvgIpc) is 2.23. The molecule has 15 heavy (non-hydrogen) atoms. The number of halogens is 2. The van der Waals surface area contributed by atoms with Crippen LogP contribution in [0.4, 0.5) is 0 Å². The minimum absolute atomic E-state index is 0.586. The Kier molecular flexibility index (Phi) is 5.54. The Hall–Kier alpha value is -0.700. The van der Waals surface area contributed by atoms with Crippen LogP contribution in [0.15, 0.2) is 30.9 Å². The highest BCUT2D eigenvalue weighted by atomic mass is 35.5. The molecule has 0 atom stereocenters. The van der Waals surface area contributed by atoms with Gasteiger partial charge in [0.25, 0.3) is 0 Å². The van der Waals surface area contributed by atoms with E-state index in [4.69, 9.17) is 27.9 Å². The predicted molar refractivity (Wildman–Crippen MR) is 63.8 cm³/mol. The van der Waals surface area contributed by atoms with Crippen molar-refractivity contribution in [3.05, 3.63) is 40.9 Å². The molecule has 0 unspecified atom stereocenters. The van der Waals surface area contributed by atoms with Crippen molar-refractivity contribution in [1.82, 2.24) is 0 Å². The monoisotopic (exact) mass is 246 g/mol. The fourth-order valence-electron chi connectivity index (χ4n) is 1.08. The van der Waals surface area contributed by atoms with Crippen molar-refractivity contribution >= 4 is 23.2 Å². The summed E-state index contributed by atoms with van der Waals surface area (Å²) < 4.78 is 5.48. The van der Waals surface area contributed by atoms with Crippen LogP contribution in [0, 0.1) is 0 Å². The molecule has 0 radical (unpaired) electrons. The molecule has 0 amide bonds. The third kappa shape index (κ3) is 4.56. The van der Waals surface area contributed by atoms with Gasteiger partial charge in [-0.1, -0.05) is 29.8 Å². The highest BCUT2D eigenvalue weighted by Gasteiger charge is 2.02. The van der Waals surface area contributed by atoms with Crippen molar-refractivity contribution in [2.75, 3.05) is 19.7 Å². The van der Waals surface area contributed by atoms with E-state index < -0.39 is 0 Å². The zero-order valence-electron chi connectivity index (χ0n) is 8.38. The molecule has 0 aliphatic rings. The van der Waals surface area contributed by atoms with E-state index in [2.05, 4.69) is 11.9 Å². The van der Waals surface area contributed by atoms with E-state index in [-0.39, 0.29) is 0 Å². The topological polar surface area (TPSA) is 25.8 Å². The highest BCUT2D eigenvalue weighted by Crippen LogP contribution is 2.27. The van der Waals surface area contributed by atoms with Gasteiger partial charge >= 0.3 is 0 Å². The summed E-state index contributed by atoms with van der Waals surface area (Å²) in [7, 11) is 0. The number of hydrogen-bond donors (Lipinski definition) is 1. The largest absolute Gasteiger partial charge is 0.486 e. The molecular formula is C11H14Cl2NO+. The van der Waals surface area contributed by atoms with Crippen LogP contribution in [0.25, 0.3) is 0 Å². The second-order valence-electron chi connectivity index (χ2n) is 3.02. The van der Waals surface area contributed by atoms with Gasteiger partial charge in [-0.25, -0.2) is 0 Å². The molecule has 82 valence electrons. The number of nitrogens with two attached hydrogens (primary N) is 1. The average molecular weight is 247 g/mol. The Morgan fingerprint density at radius 2 is 2.20 bits per heavy atom. The minimum atomic E-state index is 0.586. The SMILES string of the molecule is C=CC[NH2+]CCOc1cc(Cl)ccc1Cl. The first-order valence-electron chi connectivity index (χ1n) is 4.74. The van der Waals surface area contributed by atoms with Crippen LogP contribution >= 0.6 is 23.2 Å². The van der Waals surface area contributed by atoms with Gasteiger partial charge in [0.1, 0.15) is 18.9 Å². The molecule has 0 heterocycles. The lowest BCUT2D eigenvalue weighted by Gasteiger charge is -2.07. The summed E-state index contributed by atoms with van der Waals surface area (Å²) in [6.07, 6.45) is 1.85. The van der Waals surface area contributed by atoms with Gasteiger partial charge in [-0.2, -0.15) is 0 Å². The van der Waals surface area contributed by atoms with Crippen LogP contribution in [0.2, 0.25) is 10.0 Å². The predicted octanol–water partition coefficient (Wildman–Crippen LogP) is 2.12. The van der Waals surface area contributed by atoms with Crippen molar-refractivity contribution in [2.45, 2.75) is 0 Å². The van der Waals surface area contributed by atoms with Gasteiger partial charge in [0.15, 0.2) is 0 Å².